The van der Waals surface area contributed by atoms with E-state index in [0.29, 0.717) is 36.0 Å². The van der Waals surface area contributed by atoms with Gasteiger partial charge in [-0.15, -0.1) is 0 Å². The Morgan fingerprint density at radius 2 is 1.97 bits per heavy atom. The van der Waals surface area contributed by atoms with Gasteiger partial charge in [-0.25, -0.2) is 4.39 Å². The van der Waals surface area contributed by atoms with E-state index in [-0.39, 0.29) is 5.92 Å². The Balaban J connectivity index is 1.71. The first kappa shape index (κ1) is 24.7. The number of aliphatic hydroxyl groups excluding tert-OH is 2. The van der Waals surface area contributed by atoms with Gasteiger partial charge in [0.25, 0.3) is 0 Å². The molecule has 3 aliphatic rings. The van der Waals surface area contributed by atoms with Gasteiger partial charge in [-0.1, -0.05) is 57.9 Å². The van der Waals surface area contributed by atoms with Crippen molar-refractivity contribution in [3.8, 4) is 0 Å². The number of aliphatic hydroxyl groups is 2. The van der Waals surface area contributed by atoms with Crippen molar-refractivity contribution in [1.82, 2.24) is 0 Å². The molecular weight excluding hydrogens is 387 g/mol. The molecule has 3 aliphatic carbocycles. The summed E-state index contributed by atoms with van der Waals surface area (Å²) in [5, 5.41) is 20.7. The predicted molar refractivity (Wildman–Crippen MR) is 127 cm³/mol. The minimum absolute atomic E-state index is 0.157. The summed E-state index contributed by atoms with van der Waals surface area (Å²) in [6.45, 7) is 14.3. The van der Waals surface area contributed by atoms with Crippen LogP contribution < -0.4 is 0 Å². The van der Waals surface area contributed by atoms with Crippen LogP contribution in [0, 0.1) is 29.1 Å². The molecule has 0 aromatic heterocycles. The van der Waals surface area contributed by atoms with Crippen LogP contribution in [0.1, 0.15) is 92.4 Å². The smallest absolute Gasteiger partial charge is 0.105 e. The largest absolute Gasteiger partial charge is 0.392 e. The van der Waals surface area contributed by atoms with Crippen molar-refractivity contribution in [2.45, 2.75) is 110 Å². The zero-order valence-electron chi connectivity index (χ0n) is 20.5. The third-order valence-electron chi connectivity index (χ3n) is 8.96. The Morgan fingerprint density at radius 3 is 2.65 bits per heavy atom. The molecule has 3 saturated carbocycles. The number of rotatable bonds is 6. The van der Waals surface area contributed by atoms with E-state index in [1.807, 2.05) is 6.92 Å². The Hall–Kier alpha value is -0.930. The standard InChI is InChI=1S/C28H45FO2/c1-18(9-7-15-27(4,5)29)23-13-14-24-21(10-8-16-28(23,24)6)11-12-22-17-25(30)20(3)26(31)19(22)2/h11-12,18,20,23-26,30-31H,2,7-10,13-17H2,1,3-6H3/b21-11+,22-12-/t18-,20?,23?,24?,25?,26?,28?/m1/s1. The highest BCUT2D eigenvalue weighted by Gasteiger charge is 2.50. The van der Waals surface area contributed by atoms with Gasteiger partial charge in [0.15, 0.2) is 0 Å². The molecule has 31 heavy (non-hydrogen) atoms. The van der Waals surface area contributed by atoms with E-state index in [9.17, 15) is 14.6 Å². The lowest BCUT2D eigenvalue weighted by Crippen LogP contribution is -2.36. The lowest BCUT2D eigenvalue weighted by Gasteiger charge is -2.44. The van der Waals surface area contributed by atoms with Crippen molar-refractivity contribution < 1.29 is 14.6 Å². The molecule has 3 heteroatoms. The maximum absolute atomic E-state index is 13.9. The van der Waals surface area contributed by atoms with Crippen LogP contribution in [0.2, 0.25) is 0 Å². The van der Waals surface area contributed by atoms with Gasteiger partial charge in [-0.3, -0.25) is 0 Å². The van der Waals surface area contributed by atoms with E-state index in [2.05, 4.69) is 32.6 Å². The number of alkyl halides is 1. The van der Waals surface area contributed by atoms with Crippen molar-refractivity contribution in [1.29, 1.82) is 0 Å². The monoisotopic (exact) mass is 432 g/mol. The average molecular weight is 433 g/mol. The summed E-state index contributed by atoms with van der Waals surface area (Å²) >= 11 is 0. The minimum Gasteiger partial charge on any atom is -0.392 e. The normalized spacial score (nSPS) is 40.4. The van der Waals surface area contributed by atoms with Crippen LogP contribution in [0.4, 0.5) is 4.39 Å². The lowest BCUT2D eigenvalue weighted by molar-refractivity contribution is 0.0283. The topological polar surface area (TPSA) is 40.5 Å². The van der Waals surface area contributed by atoms with Gasteiger partial charge in [0.1, 0.15) is 5.67 Å². The minimum atomic E-state index is -1.06. The summed E-state index contributed by atoms with van der Waals surface area (Å²) < 4.78 is 13.9. The van der Waals surface area contributed by atoms with Crippen molar-refractivity contribution in [2.75, 3.05) is 0 Å². The molecule has 0 aliphatic heterocycles. The van der Waals surface area contributed by atoms with Crippen LogP contribution in [0.25, 0.3) is 0 Å². The van der Waals surface area contributed by atoms with Crippen LogP contribution in [0.15, 0.2) is 35.5 Å². The van der Waals surface area contributed by atoms with Crippen molar-refractivity contribution in [3.63, 3.8) is 0 Å². The molecule has 0 aromatic rings. The summed E-state index contributed by atoms with van der Waals surface area (Å²) in [7, 11) is 0. The molecule has 0 amide bonds. The number of halogens is 1. The summed E-state index contributed by atoms with van der Waals surface area (Å²) in [5.41, 5.74) is 2.58. The third-order valence-corrected chi connectivity index (χ3v) is 8.96. The summed E-state index contributed by atoms with van der Waals surface area (Å²) in [5.74, 6) is 1.81. The third kappa shape index (κ3) is 5.36. The number of hydrogen-bond donors (Lipinski definition) is 2. The first-order valence-electron chi connectivity index (χ1n) is 12.6. The van der Waals surface area contributed by atoms with Crippen LogP contribution >= 0.6 is 0 Å². The van der Waals surface area contributed by atoms with Crippen LogP contribution in [-0.2, 0) is 0 Å². The second-order valence-electron chi connectivity index (χ2n) is 11.7. The van der Waals surface area contributed by atoms with Gasteiger partial charge < -0.3 is 10.2 Å². The maximum Gasteiger partial charge on any atom is 0.105 e. The molecule has 176 valence electrons. The van der Waals surface area contributed by atoms with Gasteiger partial charge in [0.2, 0.25) is 0 Å². The molecule has 3 rings (SSSR count). The molecule has 7 atom stereocenters. The van der Waals surface area contributed by atoms with Crippen LogP contribution in [0.3, 0.4) is 0 Å². The molecule has 6 unspecified atom stereocenters. The van der Waals surface area contributed by atoms with Crippen molar-refractivity contribution in [3.05, 3.63) is 35.5 Å². The molecular formula is C28H45FO2. The molecule has 2 N–H and O–H groups in total. The number of fused-ring (bicyclic) bond motifs is 1. The average Bonchev–Trinajstić information content (AvgIpc) is 3.04. The van der Waals surface area contributed by atoms with Gasteiger partial charge in [-0.05, 0) is 93.1 Å². The van der Waals surface area contributed by atoms with E-state index in [1.165, 1.54) is 31.3 Å². The Labute approximate surface area is 189 Å². The fraction of sp³-hybridized carbons (Fsp3) is 0.786. The van der Waals surface area contributed by atoms with Crippen molar-refractivity contribution in [2.24, 2.45) is 29.1 Å². The fourth-order valence-electron chi connectivity index (χ4n) is 6.90. The van der Waals surface area contributed by atoms with Gasteiger partial charge in [0, 0.05) is 5.92 Å². The second-order valence-corrected chi connectivity index (χ2v) is 11.7. The van der Waals surface area contributed by atoms with Crippen LogP contribution in [0.5, 0.6) is 0 Å². The van der Waals surface area contributed by atoms with Crippen LogP contribution in [-0.4, -0.2) is 28.1 Å². The van der Waals surface area contributed by atoms with E-state index in [0.717, 1.165) is 30.4 Å². The van der Waals surface area contributed by atoms with E-state index in [4.69, 9.17) is 0 Å². The summed E-state index contributed by atoms with van der Waals surface area (Å²) in [6.07, 6.45) is 12.8. The molecule has 2 nitrogen and oxygen atoms in total. The van der Waals surface area contributed by atoms with E-state index >= 15 is 0 Å². The summed E-state index contributed by atoms with van der Waals surface area (Å²) in [6, 6.07) is 0. The second kappa shape index (κ2) is 9.51. The molecule has 0 aromatic carbocycles. The Bertz CT molecular complexity index is 715. The van der Waals surface area contributed by atoms with Gasteiger partial charge >= 0.3 is 0 Å². The molecule has 0 saturated heterocycles. The van der Waals surface area contributed by atoms with E-state index < -0.39 is 17.9 Å². The first-order valence-corrected chi connectivity index (χ1v) is 12.6. The first-order chi connectivity index (χ1) is 14.4. The van der Waals surface area contributed by atoms with Gasteiger partial charge in [-0.2, -0.15) is 0 Å². The predicted octanol–water partition coefficient (Wildman–Crippen LogP) is 6.93. The highest BCUT2D eigenvalue weighted by molar-refractivity contribution is 5.39. The van der Waals surface area contributed by atoms with E-state index in [1.54, 1.807) is 13.8 Å². The van der Waals surface area contributed by atoms with Crippen molar-refractivity contribution >= 4 is 0 Å². The zero-order valence-corrected chi connectivity index (χ0v) is 20.5. The van der Waals surface area contributed by atoms with Gasteiger partial charge in [0.05, 0.1) is 12.2 Å². The highest BCUT2D eigenvalue weighted by Crippen LogP contribution is 2.60. The SMILES string of the molecule is C=C1/C(=C\C=C2/CCCC3(C)C2CCC3[C@H](C)CCCC(C)(C)F)CC(O)C(C)C1O. The Kier molecular flexibility index (Phi) is 7.58. The zero-order chi connectivity index (χ0) is 23.0. The molecule has 0 radical (unpaired) electrons. The molecule has 0 heterocycles. The fourth-order valence-corrected chi connectivity index (χ4v) is 6.90. The number of hydrogen-bond acceptors (Lipinski definition) is 2. The molecule has 3 fully saturated rings. The quantitative estimate of drug-likeness (QED) is 0.478. The highest BCUT2D eigenvalue weighted by atomic mass is 19.1. The molecule has 0 bridgehead atoms. The summed E-state index contributed by atoms with van der Waals surface area (Å²) in [4.78, 5) is 0. The lowest BCUT2D eigenvalue weighted by atomic mass is 9.60. The maximum atomic E-state index is 13.9. The number of allylic oxidation sites excluding steroid dienone is 3. The Morgan fingerprint density at radius 1 is 1.26 bits per heavy atom. The molecule has 0 spiro atoms.